The van der Waals surface area contributed by atoms with Gasteiger partial charge in [0.25, 0.3) is 11.8 Å². The molecule has 0 aliphatic carbocycles. The molecule has 0 spiro atoms. The zero-order valence-electron chi connectivity index (χ0n) is 14.1. The highest BCUT2D eigenvalue weighted by atomic mass is 35.6. The fourth-order valence-electron chi connectivity index (χ4n) is 2.52. The van der Waals surface area contributed by atoms with Crippen molar-refractivity contribution < 1.29 is 14.4 Å². The Bertz CT molecular complexity index is 544. The number of carbonyl (C=O) groups is 3. The first-order valence-corrected chi connectivity index (χ1v) is 9.35. The van der Waals surface area contributed by atoms with Crippen LogP contribution in [0.2, 0.25) is 0 Å². The van der Waals surface area contributed by atoms with Crippen molar-refractivity contribution in [2.45, 2.75) is 61.3 Å². The van der Waals surface area contributed by atoms with Crippen LogP contribution < -0.4 is 5.32 Å². The number of alkyl halides is 3. The molecule has 3 amide bonds. The van der Waals surface area contributed by atoms with Crippen molar-refractivity contribution in [1.29, 1.82) is 0 Å². The van der Waals surface area contributed by atoms with Gasteiger partial charge in [0.15, 0.2) is 3.79 Å². The third-order valence-electron chi connectivity index (χ3n) is 3.85. The molecule has 0 radical (unpaired) electrons. The van der Waals surface area contributed by atoms with Gasteiger partial charge in [-0.1, -0.05) is 53.9 Å². The van der Waals surface area contributed by atoms with E-state index in [2.05, 4.69) is 11.9 Å². The first-order chi connectivity index (χ1) is 11.7. The van der Waals surface area contributed by atoms with Crippen molar-refractivity contribution in [2.24, 2.45) is 0 Å². The SMILES string of the molecule is C=CCCC[C@H](NC(=O)CC)C(=O)N1C(=O)C=C[C@@H]1CCC(Cl)(Cl)Cl. The van der Waals surface area contributed by atoms with Crippen LogP contribution in [0, 0.1) is 0 Å². The summed E-state index contributed by atoms with van der Waals surface area (Å²) in [5.41, 5.74) is 0. The molecule has 0 aromatic carbocycles. The average Bonchev–Trinajstić information content (AvgIpc) is 2.91. The Morgan fingerprint density at radius 2 is 2.12 bits per heavy atom. The summed E-state index contributed by atoms with van der Waals surface area (Å²) < 4.78 is -1.45. The number of nitrogens with one attached hydrogen (secondary N) is 1. The van der Waals surface area contributed by atoms with E-state index >= 15 is 0 Å². The molecule has 0 aromatic rings. The van der Waals surface area contributed by atoms with Crippen molar-refractivity contribution in [3.63, 3.8) is 0 Å². The molecule has 8 heteroatoms. The molecule has 0 saturated carbocycles. The molecule has 0 aromatic heterocycles. The molecule has 25 heavy (non-hydrogen) atoms. The second kappa shape index (κ2) is 10.2. The molecule has 1 rings (SSSR count). The summed E-state index contributed by atoms with van der Waals surface area (Å²) in [5.74, 6) is -1.09. The Balaban J connectivity index is 2.85. The fraction of sp³-hybridized carbons (Fsp3) is 0.588. The van der Waals surface area contributed by atoms with Crippen molar-refractivity contribution in [1.82, 2.24) is 10.2 Å². The highest BCUT2D eigenvalue weighted by Crippen LogP contribution is 2.33. The van der Waals surface area contributed by atoms with E-state index in [9.17, 15) is 14.4 Å². The van der Waals surface area contributed by atoms with Gasteiger partial charge in [0.1, 0.15) is 6.04 Å². The van der Waals surface area contributed by atoms with E-state index in [4.69, 9.17) is 34.8 Å². The molecule has 1 aliphatic rings. The minimum atomic E-state index is -1.45. The maximum atomic E-state index is 12.9. The number of allylic oxidation sites excluding steroid dienone is 1. The Morgan fingerprint density at radius 3 is 2.68 bits per heavy atom. The smallest absolute Gasteiger partial charge is 0.253 e. The van der Waals surface area contributed by atoms with Gasteiger partial charge in [-0.3, -0.25) is 19.3 Å². The predicted octanol–water partition coefficient (Wildman–Crippen LogP) is 3.68. The maximum Gasteiger partial charge on any atom is 0.253 e. The second-order valence-electron chi connectivity index (χ2n) is 5.82. The van der Waals surface area contributed by atoms with Gasteiger partial charge in [-0.15, -0.1) is 6.58 Å². The van der Waals surface area contributed by atoms with Crippen LogP contribution >= 0.6 is 34.8 Å². The van der Waals surface area contributed by atoms with Gasteiger partial charge in [0.2, 0.25) is 5.91 Å². The van der Waals surface area contributed by atoms with Gasteiger partial charge in [-0.05, 0) is 32.1 Å². The molecule has 1 N–H and O–H groups in total. The average molecular weight is 410 g/mol. The molecule has 0 bridgehead atoms. The Hall–Kier alpha value is -1.04. The Morgan fingerprint density at radius 1 is 1.44 bits per heavy atom. The van der Waals surface area contributed by atoms with Crippen LogP contribution in [-0.2, 0) is 14.4 Å². The lowest BCUT2D eigenvalue weighted by molar-refractivity contribution is -0.145. The van der Waals surface area contributed by atoms with Gasteiger partial charge in [0.05, 0.1) is 6.04 Å². The normalized spacial score (nSPS) is 18.3. The van der Waals surface area contributed by atoms with E-state index in [1.807, 2.05) is 0 Å². The summed E-state index contributed by atoms with van der Waals surface area (Å²) in [6.07, 6.45) is 7.33. The van der Waals surface area contributed by atoms with Gasteiger partial charge < -0.3 is 5.32 Å². The topological polar surface area (TPSA) is 66.5 Å². The van der Waals surface area contributed by atoms with Crippen molar-refractivity contribution in [3.8, 4) is 0 Å². The van der Waals surface area contributed by atoms with E-state index in [1.165, 1.54) is 6.08 Å². The van der Waals surface area contributed by atoms with Crippen LogP contribution in [0.5, 0.6) is 0 Å². The standard InChI is InChI=1S/C17H23Cl3N2O3/c1-3-5-6-7-13(21-14(23)4-2)16(25)22-12(8-9-15(22)24)10-11-17(18,19)20/h3,8-9,12-13H,1,4-7,10-11H2,2H3,(H,21,23)/t12-,13+/m1/s1. The third kappa shape index (κ3) is 7.38. The number of carbonyl (C=O) groups excluding carboxylic acids is 3. The monoisotopic (exact) mass is 408 g/mol. The zero-order valence-corrected chi connectivity index (χ0v) is 16.4. The summed E-state index contributed by atoms with van der Waals surface area (Å²) in [7, 11) is 0. The van der Waals surface area contributed by atoms with Crippen LogP contribution in [-0.4, -0.2) is 38.5 Å². The van der Waals surface area contributed by atoms with Gasteiger partial charge >= 0.3 is 0 Å². The van der Waals surface area contributed by atoms with Gasteiger partial charge in [-0.25, -0.2) is 0 Å². The summed E-state index contributed by atoms with van der Waals surface area (Å²) in [6, 6.07) is -1.23. The van der Waals surface area contributed by atoms with E-state index in [0.717, 1.165) is 4.90 Å². The Kier molecular flexibility index (Phi) is 8.97. The molecule has 0 fully saturated rings. The molecule has 140 valence electrons. The molecular weight excluding hydrogens is 387 g/mol. The minimum absolute atomic E-state index is 0.201. The second-order valence-corrected chi connectivity index (χ2v) is 8.34. The minimum Gasteiger partial charge on any atom is -0.344 e. The highest BCUT2D eigenvalue weighted by molar-refractivity contribution is 6.67. The van der Waals surface area contributed by atoms with Crippen molar-refractivity contribution >= 4 is 52.5 Å². The molecule has 5 nitrogen and oxygen atoms in total. The molecule has 0 unspecified atom stereocenters. The van der Waals surface area contributed by atoms with E-state index < -0.39 is 27.7 Å². The number of halogens is 3. The lowest BCUT2D eigenvalue weighted by atomic mass is 10.1. The van der Waals surface area contributed by atoms with E-state index in [-0.39, 0.29) is 18.7 Å². The van der Waals surface area contributed by atoms with Crippen LogP contribution in [0.3, 0.4) is 0 Å². The highest BCUT2D eigenvalue weighted by Gasteiger charge is 2.37. The van der Waals surface area contributed by atoms with E-state index in [1.54, 1.807) is 19.1 Å². The molecule has 1 aliphatic heterocycles. The van der Waals surface area contributed by atoms with Crippen molar-refractivity contribution in [3.05, 3.63) is 24.8 Å². The lowest BCUT2D eigenvalue weighted by Gasteiger charge is -2.28. The summed E-state index contributed by atoms with van der Waals surface area (Å²) in [6.45, 7) is 5.35. The van der Waals surface area contributed by atoms with E-state index in [0.29, 0.717) is 25.7 Å². The van der Waals surface area contributed by atoms with Crippen LogP contribution in [0.4, 0.5) is 0 Å². The number of hydrogen-bond acceptors (Lipinski definition) is 3. The molecule has 0 saturated heterocycles. The fourth-order valence-corrected chi connectivity index (χ4v) is 2.85. The van der Waals surface area contributed by atoms with Crippen molar-refractivity contribution in [2.75, 3.05) is 0 Å². The quantitative estimate of drug-likeness (QED) is 0.359. The maximum absolute atomic E-state index is 12.9. The number of amides is 3. The Labute approximate surface area is 163 Å². The number of unbranched alkanes of at least 4 members (excludes halogenated alkanes) is 1. The van der Waals surface area contributed by atoms with Crippen LogP contribution in [0.15, 0.2) is 24.8 Å². The third-order valence-corrected chi connectivity index (χ3v) is 4.41. The predicted molar refractivity (Wildman–Crippen MR) is 101 cm³/mol. The summed E-state index contributed by atoms with van der Waals surface area (Å²) in [4.78, 5) is 37.9. The largest absolute Gasteiger partial charge is 0.344 e. The van der Waals surface area contributed by atoms with Crippen LogP contribution in [0.25, 0.3) is 0 Å². The number of hydrogen-bond donors (Lipinski definition) is 1. The van der Waals surface area contributed by atoms with Crippen LogP contribution in [0.1, 0.15) is 45.4 Å². The molecule has 1 heterocycles. The first kappa shape index (κ1) is 22.0. The molecule has 2 atom stereocenters. The first-order valence-electron chi connectivity index (χ1n) is 8.21. The number of imide groups is 1. The van der Waals surface area contributed by atoms with Gasteiger partial charge in [-0.2, -0.15) is 0 Å². The summed E-state index contributed by atoms with van der Waals surface area (Å²) >= 11 is 17.3. The van der Waals surface area contributed by atoms with Gasteiger partial charge in [0, 0.05) is 12.5 Å². The number of nitrogens with zero attached hydrogens (tertiary/aromatic N) is 1. The summed E-state index contributed by atoms with van der Waals surface area (Å²) in [5, 5.41) is 2.69. The number of rotatable bonds is 9. The molecular formula is C17H23Cl3N2O3. The zero-order chi connectivity index (χ0) is 19.0. The lowest BCUT2D eigenvalue weighted by Crippen LogP contribution is -2.51.